The van der Waals surface area contributed by atoms with Crippen molar-refractivity contribution in [3.63, 3.8) is 0 Å². The van der Waals surface area contributed by atoms with Gasteiger partial charge in [0.2, 0.25) is 17.7 Å². The fraction of sp³-hybridized carbons (Fsp3) is 0.536. The number of nitrogens with one attached hydrogen (secondary N) is 4. The molecule has 4 unspecified atom stereocenters. The minimum Gasteiger partial charge on any atom is -0.481 e. The Bertz CT molecular complexity index is 1200. The summed E-state index contributed by atoms with van der Waals surface area (Å²) in [5.41, 5.74) is 13.0. The molecule has 2 aromatic rings. The third-order valence-electron chi connectivity index (χ3n) is 6.64. The molecule has 0 saturated heterocycles. The number of aromatic amines is 1. The largest absolute Gasteiger partial charge is 0.481 e. The molecule has 0 radical (unpaired) electrons. The second kappa shape index (κ2) is 16.3. The quantitative estimate of drug-likeness (QED) is 0.116. The van der Waals surface area contributed by atoms with Gasteiger partial charge in [0.25, 0.3) is 0 Å². The molecule has 1 heterocycles. The lowest BCUT2D eigenvalue weighted by atomic mass is 10.0. The molecule has 4 atom stereocenters. The van der Waals surface area contributed by atoms with Crippen molar-refractivity contribution in [3.05, 3.63) is 36.0 Å². The molecule has 0 bridgehead atoms. The first kappa shape index (κ1) is 33.2. The normalized spacial score (nSPS) is 14.2. The first-order chi connectivity index (χ1) is 19.4. The summed E-state index contributed by atoms with van der Waals surface area (Å²) in [5.74, 6) is -4.40. The number of para-hydroxylation sites is 1. The Balaban J connectivity index is 2.19. The van der Waals surface area contributed by atoms with Gasteiger partial charge in [0.1, 0.15) is 18.1 Å². The number of carboxylic acid groups (broad SMARTS) is 2. The summed E-state index contributed by atoms with van der Waals surface area (Å²) >= 11 is 0. The van der Waals surface area contributed by atoms with E-state index in [0.29, 0.717) is 31.4 Å². The average Bonchev–Trinajstić information content (AvgIpc) is 3.32. The molecular weight excluding hydrogens is 532 g/mol. The van der Waals surface area contributed by atoms with E-state index in [0.717, 1.165) is 10.9 Å². The fourth-order valence-electron chi connectivity index (χ4n) is 4.46. The number of aromatic nitrogens is 1. The SMILES string of the molecule is CC(C)CC(N)C(=O)NC(CCC(=O)O)C(=O)NC(CCCCN)C(=O)NC(Cc1c[nH]c2ccccc12)C(=O)O. The number of carbonyl (C=O) groups excluding carboxylic acids is 3. The van der Waals surface area contributed by atoms with Crippen LogP contribution in [0, 0.1) is 5.92 Å². The molecule has 2 rings (SSSR count). The first-order valence-electron chi connectivity index (χ1n) is 13.8. The molecule has 13 heteroatoms. The average molecular weight is 575 g/mol. The van der Waals surface area contributed by atoms with Crippen molar-refractivity contribution in [2.45, 2.75) is 83.0 Å². The fourth-order valence-corrected chi connectivity index (χ4v) is 4.46. The molecule has 41 heavy (non-hydrogen) atoms. The molecule has 0 aliphatic carbocycles. The number of nitrogens with two attached hydrogens (primary N) is 2. The van der Waals surface area contributed by atoms with E-state index in [4.69, 9.17) is 16.6 Å². The predicted molar refractivity (Wildman–Crippen MR) is 153 cm³/mol. The number of hydrogen-bond donors (Lipinski definition) is 8. The van der Waals surface area contributed by atoms with Gasteiger partial charge in [-0.25, -0.2) is 4.79 Å². The number of carbonyl (C=O) groups is 5. The van der Waals surface area contributed by atoms with Gasteiger partial charge < -0.3 is 42.6 Å². The molecule has 1 aromatic heterocycles. The van der Waals surface area contributed by atoms with E-state index in [1.807, 2.05) is 38.1 Å². The zero-order chi connectivity index (χ0) is 30.5. The maximum absolute atomic E-state index is 13.3. The highest BCUT2D eigenvalue weighted by atomic mass is 16.4. The molecule has 226 valence electrons. The van der Waals surface area contributed by atoms with Gasteiger partial charge in [-0.1, -0.05) is 32.0 Å². The molecule has 1 aromatic carbocycles. The van der Waals surface area contributed by atoms with Crippen LogP contribution in [-0.2, 0) is 30.4 Å². The number of amides is 3. The lowest BCUT2D eigenvalue weighted by Crippen LogP contribution is -2.57. The maximum Gasteiger partial charge on any atom is 0.326 e. The van der Waals surface area contributed by atoms with E-state index in [1.165, 1.54) is 0 Å². The summed E-state index contributed by atoms with van der Waals surface area (Å²) in [6, 6.07) is 2.77. The van der Waals surface area contributed by atoms with Crippen molar-refractivity contribution >= 4 is 40.6 Å². The van der Waals surface area contributed by atoms with Crippen LogP contribution in [0.4, 0.5) is 0 Å². The number of rotatable bonds is 18. The van der Waals surface area contributed by atoms with Crippen LogP contribution in [-0.4, -0.2) is 75.6 Å². The topological polar surface area (TPSA) is 230 Å². The van der Waals surface area contributed by atoms with Crippen LogP contribution in [0.2, 0.25) is 0 Å². The van der Waals surface area contributed by atoms with Gasteiger partial charge in [0.05, 0.1) is 6.04 Å². The van der Waals surface area contributed by atoms with Gasteiger partial charge in [-0.05, 0) is 56.2 Å². The first-order valence-corrected chi connectivity index (χ1v) is 13.8. The number of hydrogen-bond acceptors (Lipinski definition) is 7. The Morgan fingerprint density at radius 3 is 2.10 bits per heavy atom. The van der Waals surface area contributed by atoms with E-state index in [-0.39, 0.29) is 25.2 Å². The molecule has 0 aliphatic rings. The molecule has 0 aliphatic heterocycles. The number of fused-ring (bicyclic) bond motifs is 1. The third kappa shape index (κ3) is 10.8. The Kier molecular flexibility index (Phi) is 13.2. The second-order valence-corrected chi connectivity index (χ2v) is 10.5. The lowest BCUT2D eigenvalue weighted by Gasteiger charge is -2.25. The highest BCUT2D eigenvalue weighted by Gasteiger charge is 2.31. The molecule has 13 nitrogen and oxygen atoms in total. The summed E-state index contributed by atoms with van der Waals surface area (Å²) in [4.78, 5) is 65.5. The van der Waals surface area contributed by atoms with Crippen LogP contribution < -0.4 is 27.4 Å². The molecule has 3 amide bonds. The van der Waals surface area contributed by atoms with E-state index in [1.54, 1.807) is 6.20 Å². The molecule has 0 spiro atoms. The Morgan fingerprint density at radius 2 is 1.49 bits per heavy atom. The molecular formula is C28H42N6O7. The highest BCUT2D eigenvalue weighted by Crippen LogP contribution is 2.19. The van der Waals surface area contributed by atoms with Gasteiger partial charge in [-0.2, -0.15) is 0 Å². The Labute approximate surface area is 238 Å². The minimum atomic E-state index is -1.29. The number of H-pyrrole nitrogens is 1. The van der Waals surface area contributed by atoms with Gasteiger partial charge in [0, 0.05) is 29.9 Å². The summed E-state index contributed by atoms with van der Waals surface area (Å²) in [7, 11) is 0. The minimum absolute atomic E-state index is 0.000410. The Hall–Kier alpha value is -3.97. The number of benzene rings is 1. The number of aliphatic carboxylic acids is 2. The van der Waals surface area contributed by atoms with Crippen LogP contribution in [0.5, 0.6) is 0 Å². The van der Waals surface area contributed by atoms with Crippen LogP contribution >= 0.6 is 0 Å². The van der Waals surface area contributed by atoms with Crippen LogP contribution in [0.1, 0.15) is 57.9 Å². The van der Waals surface area contributed by atoms with Crippen LogP contribution in [0.25, 0.3) is 10.9 Å². The van der Waals surface area contributed by atoms with Crippen molar-refractivity contribution in [1.82, 2.24) is 20.9 Å². The number of carboxylic acids is 2. The smallest absolute Gasteiger partial charge is 0.326 e. The predicted octanol–water partition coefficient (Wildman–Crippen LogP) is 0.617. The van der Waals surface area contributed by atoms with E-state index >= 15 is 0 Å². The number of unbranched alkanes of at least 4 members (excludes halogenated alkanes) is 1. The van der Waals surface area contributed by atoms with E-state index < -0.39 is 60.2 Å². The molecule has 0 saturated carbocycles. The molecule has 10 N–H and O–H groups in total. The molecule has 0 fully saturated rings. The standard InChI is InChI=1S/C28H42N6O7/c1-16(2)13-19(30)25(37)32-22(10-11-24(35)36)27(39)33-21(9-5-6-12-29)26(38)34-23(28(40)41)14-17-15-31-20-8-4-3-7-18(17)20/h3-4,7-8,15-16,19,21-23,31H,5-6,9-14,29-30H2,1-2H3,(H,32,37)(H,33,39)(H,34,38)(H,35,36)(H,40,41). The zero-order valence-corrected chi connectivity index (χ0v) is 23.5. The summed E-state index contributed by atoms with van der Waals surface area (Å²) < 4.78 is 0. The van der Waals surface area contributed by atoms with Gasteiger partial charge in [-0.15, -0.1) is 0 Å². The van der Waals surface area contributed by atoms with Gasteiger partial charge >= 0.3 is 11.9 Å². The summed E-state index contributed by atoms with van der Waals surface area (Å²) in [5, 5.41) is 27.4. The van der Waals surface area contributed by atoms with Crippen molar-refractivity contribution in [2.75, 3.05) is 6.54 Å². The van der Waals surface area contributed by atoms with Crippen molar-refractivity contribution < 1.29 is 34.2 Å². The van der Waals surface area contributed by atoms with Crippen molar-refractivity contribution in [3.8, 4) is 0 Å². The van der Waals surface area contributed by atoms with E-state index in [2.05, 4.69) is 20.9 Å². The second-order valence-electron chi connectivity index (χ2n) is 10.5. The van der Waals surface area contributed by atoms with Crippen LogP contribution in [0.3, 0.4) is 0 Å². The third-order valence-corrected chi connectivity index (χ3v) is 6.64. The highest BCUT2D eigenvalue weighted by molar-refractivity contribution is 5.94. The summed E-state index contributed by atoms with van der Waals surface area (Å²) in [6.07, 6.45) is 2.58. The van der Waals surface area contributed by atoms with Crippen molar-refractivity contribution in [1.29, 1.82) is 0 Å². The summed E-state index contributed by atoms with van der Waals surface area (Å²) in [6.45, 7) is 4.12. The monoisotopic (exact) mass is 574 g/mol. The zero-order valence-electron chi connectivity index (χ0n) is 23.5. The maximum atomic E-state index is 13.3. The lowest BCUT2D eigenvalue weighted by molar-refractivity contribution is -0.142. The van der Waals surface area contributed by atoms with Crippen LogP contribution in [0.15, 0.2) is 30.5 Å². The van der Waals surface area contributed by atoms with Crippen molar-refractivity contribution in [2.24, 2.45) is 17.4 Å². The Morgan fingerprint density at radius 1 is 0.878 bits per heavy atom. The van der Waals surface area contributed by atoms with Gasteiger partial charge in [-0.3, -0.25) is 19.2 Å². The van der Waals surface area contributed by atoms with E-state index in [9.17, 15) is 29.1 Å². The van der Waals surface area contributed by atoms with Gasteiger partial charge in [0.15, 0.2) is 0 Å².